The minimum Gasteiger partial charge on any atom is -0.295 e. The maximum atomic E-state index is 11.4. The van der Waals surface area contributed by atoms with Gasteiger partial charge in [-0.2, -0.15) is 0 Å². The Morgan fingerprint density at radius 2 is 2.23 bits per heavy atom. The van der Waals surface area contributed by atoms with Gasteiger partial charge in [-0.1, -0.05) is 25.3 Å². The summed E-state index contributed by atoms with van der Waals surface area (Å²) < 4.78 is 0. The summed E-state index contributed by atoms with van der Waals surface area (Å²) in [6.07, 6.45) is 7.88. The monoisotopic (exact) mass is 178 g/mol. The van der Waals surface area contributed by atoms with Gasteiger partial charge < -0.3 is 0 Å². The van der Waals surface area contributed by atoms with Gasteiger partial charge in [-0.25, -0.2) is 0 Å². The SMILES string of the molecule is CC1=CC(=O)C[C@@H]2CCCC[C@@]12C. The number of ketones is 1. The van der Waals surface area contributed by atoms with Crippen molar-refractivity contribution < 1.29 is 4.79 Å². The molecule has 0 unspecified atom stereocenters. The largest absolute Gasteiger partial charge is 0.295 e. The van der Waals surface area contributed by atoms with E-state index in [1.54, 1.807) is 0 Å². The van der Waals surface area contributed by atoms with Crippen LogP contribution in [0.1, 0.15) is 46.0 Å². The van der Waals surface area contributed by atoms with Crippen LogP contribution in [0.4, 0.5) is 0 Å². The molecule has 0 aromatic heterocycles. The van der Waals surface area contributed by atoms with Crippen molar-refractivity contribution in [1.82, 2.24) is 0 Å². The molecule has 1 fully saturated rings. The molecule has 2 rings (SSSR count). The second kappa shape index (κ2) is 2.97. The summed E-state index contributed by atoms with van der Waals surface area (Å²) in [5.74, 6) is 0.987. The van der Waals surface area contributed by atoms with Gasteiger partial charge >= 0.3 is 0 Å². The van der Waals surface area contributed by atoms with Crippen molar-refractivity contribution in [3.8, 4) is 0 Å². The number of hydrogen-bond donors (Lipinski definition) is 0. The van der Waals surface area contributed by atoms with E-state index in [2.05, 4.69) is 13.8 Å². The Morgan fingerprint density at radius 1 is 1.46 bits per heavy atom. The van der Waals surface area contributed by atoms with E-state index in [0.717, 1.165) is 6.42 Å². The van der Waals surface area contributed by atoms with Crippen LogP contribution in [-0.2, 0) is 4.79 Å². The van der Waals surface area contributed by atoms with Crippen molar-refractivity contribution >= 4 is 5.78 Å². The topological polar surface area (TPSA) is 17.1 Å². The van der Waals surface area contributed by atoms with Crippen LogP contribution < -0.4 is 0 Å². The van der Waals surface area contributed by atoms with E-state index in [4.69, 9.17) is 0 Å². The summed E-state index contributed by atoms with van der Waals surface area (Å²) >= 11 is 0. The van der Waals surface area contributed by atoms with Crippen molar-refractivity contribution in [2.45, 2.75) is 46.0 Å². The molecule has 2 atom stereocenters. The van der Waals surface area contributed by atoms with Gasteiger partial charge in [0.25, 0.3) is 0 Å². The molecule has 1 saturated carbocycles. The van der Waals surface area contributed by atoms with Gasteiger partial charge in [0.15, 0.2) is 5.78 Å². The Kier molecular flexibility index (Phi) is 2.05. The third-order valence-electron chi connectivity index (χ3n) is 4.13. The first kappa shape index (κ1) is 8.98. The number of hydrogen-bond acceptors (Lipinski definition) is 1. The Balaban J connectivity index is 2.33. The lowest BCUT2D eigenvalue weighted by molar-refractivity contribution is -0.117. The van der Waals surface area contributed by atoms with Crippen molar-refractivity contribution in [2.75, 3.05) is 0 Å². The van der Waals surface area contributed by atoms with Crippen LogP contribution in [0.2, 0.25) is 0 Å². The van der Waals surface area contributed by atoms with E-state index in [-0.39, 0.29) is 0 Å². The van der Waals surface area contributed by atoms with E-state index < -0.39 is 0 Å². The molecule has 0 saturated heterocycles. The maximum Gasteiger partial charge on any atom is 0.155 e. The minimum atomic E-state index is 0.349. The maximum absolute atomic E-state index is 11.4. The van der Waals surface area contributed by atoms with Gasteiger partial charge in [0.2, 0.25) is 0 Å². The molecule has 1 heteroatoms. The fraction of sp³-hybridized carbons (Fsp3) is 0.750. The zero-order chi connectivity index (χ0) is 9.47. The Bertz CT molecular complexity index is 264. The molecule has 72 valence electrons. The first-order chi connectivity index (χ1) is 6.13. The summed E-state index contributed by atoms with van der Waals surface area (Å²) in [5.41, 5.74) is 1.68. The summed E-state index contributed by atoms with van der Waals surface area (Å²) in [6.45, 7) is 4.48. The molecule has 13 heavy (non-hydrogen) atoms. The standard InChI is InChI=1S/C12H18O/c1-9-7-11(13)8-10-5-3-4-6-12(9,10)2/h7,10H,3-6,8H2,1-2H3/t10-,12-/m0/s1. The van der Waals surface area contributed by atoms with Crippen LogP contribution in [0.15, 0.2) is 11.6 Å². The highest BCUT2D eigenvalue weighted by Crippen LogP contribution is 2.49. The molecule has 0 aromatic carbocycles. The molecule has 0 aromatic rings. The number of fused-ring (bicyclic) bond motifs is 1. The first-order valence-electron chi connectivity index (χ1n) is 5.34. The van der Waals surface area contributed by atoms with E-state index in [0.29, 0.717) is 17.1 Å². The Morgan fingerprint density at radius 3 is 3.00 bits per heavy atom. The lowest BCUT2D eigenvalue weighted by Crippen LogP contribution is -2.36. The third kappa shape index (κ3) is 1.34. The van der Waals surface area contributed by atoms with Crippen LogP contribution in [0.25, 0.3) is 0 Å². The van der Waals surface area contributed by atoms with Crippen LogP contribution in [0, 0.1) is 11.3 Å². The number of carbonyl (C=O) groups is 1. The van der Waals surface area contributed by atoms with Gasteiger partial charge in [0.05, 0.1) is 0 Å². The molecule has 0 spiro atoms. The summed E-state index contributed by atoms with van der Waals surface area (Å²) in [4.78, 5) is 11.4. The average molecular weight is 178 g/mol. The van der Waals surface area contributed by atoms with E-state index in [1.807, 2.05) is 6.08 Å². The number of rotatable bonds is 0. The quantitative estimate of drug-likeness (QED) is 0.557. The van der Waals surface area contributed by atoms with Crippen molar-refractivity contribution in [3.05, 3.63) is 11.6 Å². The summed E-state index contributed by atoms with van der Waals surface area (Å²) in [5, 5.41) is 0. The predicted octanol–water partition coefficient (Wildman–Crippen LogP) is 3.10. The second-order valence-corrected chi connectivity index (χ2v) is 4.86. The molecule has 0 radical (unpaired) electrons. The molecule has 0 aliphatic heterocycles. The lowest BCUT2D eigenvalue weighted by atomic mass is 9.60. The highest BCUT2D eigenvalue weighted by atomic mass is 16.1. The normalized spacial score (nSPS) is 39.7. The summed E-state index contributed by atoms with van der Waals surface area (Å²) in [7, 11) is 0. The van der Waals surface area contributed by atoms with E-state index >= 15 is 0 Å². The summed E-state index contributed by atoms with van der Waals surface area (Å²) in [6, 6.07) is 0. The van der Waals surface area contributed by atoms with Crippen molar-refractivity contribution in [2.24, 2.45) is 11.3 Å². The van der Waals surface area contributed by atoms with Crippen LogP contribution >= 0.6 is 0 Å². The molecule has 0 amide bonds. The highest BCUT2D eigenvalue weighted by molar-refractivity contribution is 5.91. The molecular weight excluding hydrogens is 160 g/mol. The van der Waals surface area contributed by atoms with Gasteiger partial charge in [-0.05, 0) is 37.2 Å². The molecule has 0 bridgehead atoms. The smallest absolute Gasteiger partial charge is 0.155 e. The van der Waals surface area contributed by atoms with Gasteiger partial charge in [0, 0.05) is 6.42 Å². The van der Waals surface area contributed by atoms with Crippen LogP contribution in [-0.4, -0.2) is 5.78 Å². The molecule has 2 aliphatic rings. The molecule has 0 heterocycles. The Hall–Kier alpha value is -0.590. The van der Waals surface area contributed by atoms with E-state index in [1.165, 1.54) is 31.3 Å². The first-order valence-corrected chi connectivity index (χ1v) is 5.34. The van der Waals surface area contributed by atoms with Crippen molar-refractivity contribution in [1.29, 1.82) is 0 Å². The van der Waals surface area contributed by atoms with Crippen LogP contribution in [0.3, 0.4) is 0 Å². The molecule has 1 nitrogen and oxygen atoms in total. The lowest BCUT2D eigenvalue weighted by Gasteiger charge is -2.44. The number of allylic oxidation sites excluding steroid dienone is 2. The number of carbonyl (C=O) groups excluding carboxylic acids is 1. The second-order valence-electron chi connectivity index (χ2n) is 4.86. The third-order valence-corrected chi connectivity index (χ3v) is 4.13. The zero-order valence-electron chi connectivity index (χ0n) is 8.60. The van der Waals surface area contributed by atoms with Crippen molar-refractivity contribution in [3.63, 3.8) is 0 Å². The average Bonchev–Trinajstić information content (AvgIpc) is 2.07. The van der Waals surface area contributed by atoms with Crippen LogP contribution in [0.5, 0.6) is 0 Å². The zero-order valence-corrected chi connectivity index (χ0v) is 8.60. The Labute approximate surface area is 80.2 Å². The fourth-order valence-corrected chi connectivity index (χ4v) is 2.96. The van der Waals surface area contributed by atoms with Gasteiger partial charge in [-0.15, -0.1) is 0 Å². The van der Waals surface area contributed by atoms with Gasteiger partial charge in [0.1, 0.15) is 0 Å². The fourth-order valence-electron chi connectivity index (χ4n) is 2.96. The molecule has 2 aliphatic carbocycles. The van der Waals surface area contributed by atoms with Gasteiger partial charge in [-0.3, -0.25) is 4.79 Å². The molecular formula is C12H18O. The van der Waals surface area contributed by atoms with E-state index in [9.17, 15) is 4.79 Å². The molecule has 0 N–H and O–H groups in total. The predicted molar refractivity (Wildman–Crippen MR) is 53.4 cm³/mol. The minimum absolute atomic E-state index is 0.349. The highest BCUT2D eigenvalue weighted by Gasteiger charge is 2.41.